The summed E-state index contributed by atoms with van der Waals surface area (Å²) in [5.41, 5.74) is 7.94. The van der Waals surface area contributed by atoms with Gasteiger partial charge in [0.05, 0.1) is 4.90 Å². The fraction of sp³-hybridized carbons (Fsp3) is 0.600. The van der Waals surface area contributed by atoms with Gasteiger partial charge < -0.3 is 10.6 Å². The monoisotopic (exact) mass is 309 g/mol. The Kier molecular flexibility index (Phi) is 3.50. The average Bonchev–Trinajstić information content (AvgIpc) is 3.04. The van der Waals surface area contributed by atoms with E-state index >= 15 is 0 Å². The summed E-state index contributed by atoms with van der Waals surface area (Å²) in [7, 11) is -1.41. The number of anilines is 1. The number of hydrogen-bond donors (Lipinski definition) is 1. The molecule has 3 rings (SSSR count). The van der Waals surface area contributed by atoms with Crippen LogP contribution < -0.4 is 10.6 Å². The van der Waals surface area contributed by atoms with Gasteiger partial charge in [-0.3, -0.25) is 0 Å². The van der Waals surface area contributed by atoms with Gasteiger partial charge in [-0.05, 0) is 42.5 Å². The van der Waals surface area contributed by atoms with E-state index in [1.165, 1.54) is 5.56 Å². The average molecular weight is 309 g/mol. The molecule has 1 saturated heterocycles. The summed E-state index contributed by atoms with van der Waals surface area (Å²) in [5, 5.41) is 0. The van der Waals surface area contributed by atoms with Crippen molar-refractivity contribution >= 4 is 15.7 Å². The molecule has 1 unspecified atom stereocenters. The van der Waals surface area contributed by atoms with Crippen molar-refractivity contribution in [3.63, 3.8) is 0 Å². The highest BCUT2D eigenvalue weighted by Gasteiger charge is 2.39. The van der Waals surface area contributed by atoms with Crippen LogP contribution in [0.2, 0.25) is 0 Å². The Bertz CT molecular complexity index is 659. The summed E-state index contributed by atoms with van der Waals surface area (Å²) >= 11 is 0. The molecule has 1 fully saturated rings. The summed E-state index contributed by atoms with van der Waals surface area (Å²) < 4.78 is 27.2. The van der Waals surface area contributed by atoms with Crippen molar-refractivity contribution in [3.8, 4) is 0 Å². The SMILES string of the molecule is CN1CCc2ccc(S(=O)(=O)N3CCC(C)(CN)C3)cc21. The molecule has 0 saturated carbocycles. The lowest BCUT2D eigenvalue weighted by molar-refractivity contribution is 0.349. The molecule has 0 aromatic heterocycles. The van der Waals surface area contributed by atoms with E-state index in [1.54, 1.807) is 10.4 Å². The Balaban J connectivity index is 1.91. The largest absolute Gasteiger partial charge is 0.374 e. The minimum Gasteiger partial charge on any atom is -0.374 e. The minimum atomic E-state index is -3.41. The first-order valence-electron chi connectivity index (χ1n) is 7.40. The molecule has 2 N–H and O–H groups in total. The van der Waals surface area contributed by atoms with Crippen molar-refractivity contribution < 1.29 is 8.42 Å². The molecular formula is C15H23N3O2S. The van der Waals surface area contributed by atoms with Gasteiger partial charge in [0, 0.05) is 32.4 Å². The highest BCUT2D eigenvalue weighted by atomic mass is 32.2. The molecule has 6 heteroatoms. The summed E-state index contributed by atoms with van der Waals surface area (Å²) in [6, 6.07) is 5.51. The molecule has 1 atom stereocenters. The van der Waals surface area contributed by atoms with Crippen molar-refractivity contribution in [2.45, 2.75) is 24.7 Å². The minimum absolute atomic E-state index is 0.0966. The number of nitrogens with zero attached hydrogens (tertiary/aromatic N) is 2. The Labute approximate surface area is 126 Å². The van der Waals surface area contributed by atoms with Gasteiger partial charge in [0.2, 0.25) is 10.0 Å². The highest BCUT2D eigenvalue weighted by molar-refractivity contribution is 7.89. The number of rotatable bonds is 3. The molecule has 0 bridgehead atoms. The number of fused-ring (bicyclic) bond motifs is 1. The standard InChI is InChI=1S/C15H23N3O2S/c1-15(10-16)6-8-18(11-15)21(19,20)13-4-3-12-5-7-17(2)14(12)9-13/h3-4,9H,5-8,10-11,16H2,1-2H3. The molecule has 0 spiro atoms. The lowest BCUT2D eigenvalue weighted by atomic mass is 9.90. The first-order valence-corrected chi connectivity index (χ1v) is 8.84. The number of hydrogen-bond acceptors (Lipinski definition) is 4. The molecule has 2 aliphatic heterocycles. The van der Waals surface area contributed by atoms with Crippen molar-refractivity contribution in [1.29, 1.82) is 0 Å². The Morgan fingerprint density at radius 1 is 1.33 bits per heavy atom. The zero-order valence-electron chi connectivity index (χ0n) is 12.7. The number of benzene rings is 1. The molecular weight excluding hydrogens is 286 g/mol. The van der Waals surface area contributed by atoms with Crippen LogP contribution in [0.25, 0.3) is 0 Å². The number of likely N-dealkylation sites (N-methyl/N-ethyl adjacent to an activating group) is 1. The predicted molar refractivity (Wildman–Crippen MR) is 84.0 cm³/mol. The van der Waals surface area contributed by atoms with Gasteiger partial charge in [-0.15, -0.1) is 0 Å². The van der Waals surface area contributed by atoms with Crippen LogP contribution in [0.5, 0.6) is 0 Å². The quantitative estimate of drug-likeness (QED) is 0.906. The van der Waals surface area contributed by atoms with E-state index in [0.717, 1.165) is 25.1 Å². The predicted octanol–water partition coefficient (Wildman–Crippen LogP) is 1.04. The maximum atomic E-state index is 12.8. The van der Waals surface area contributed by atoms with Crippen molar-refractivity contribution in [2.24, 2.45) is 11.1 Å². The molecule has 116 valence electrons. The maximum Gasteiger partial charge on any atom is 0.243 e. The first-order chi connectivity index (χ1) is 9.86. The van der Waals surface area contributed by atoms with Crippen molar-refractivity contribution in [2.75, 3.05) is 38.1 Å². The van der Waals surface area contributed by atoms with E-state index in [4.69, 9.17) is 5.73 Å². The third kappa shape index (κ3) is 2.45. The molecule has 21 heavy (non-hydrogen) atoms. The maximum absolute atomic E-state index is 12.8. The topological polar surface area (TPSA) is 66.6 Å². The van der Waals surface area contributed by atoms with E-state index < -0.39 is 10.0 Å². The van der Waals surface area contributed by atoms with Gasteiger partial charge in [-0.1, -0.05) is 13.0 Å². The Morgan fingerprint density at radius 3 is 2.76 bits per heavy atom. The van der Waals surface area contributed by atoms with Crippen LogP contribution in [0.1, 0.15) is 18.9 Å². The normalized spacial score (nSPS) is 26.3. The molecule has 1 aromatic carbocycles. The fourth-order valence-electron chi connectivity index (χ4n) is 3.18. The van der Waals surface area contributed by atoms with Gasteiger partial charge in [-0.25, -0.2) is 8.42 Å². The molecule has 2 heterocycles. The van der Waals surface area contributed by atoms with Crippen LogP contribution >= 0.6 is 0 Å². The van der Waals surface area contributed by atoms with Crippen LogP contribution in [0.15, 0.2) is 23.1 Å². The molecule has 0 aliphatic carbocycles. The first kappa shape index (κ1) is 14.8. The number of nitrogens with two attached hydrogens (primary N) is 1. The lowest BCUT2D eigenvalue weighted by Gasteiger charge is -2.23. The summed E-state index contributed by atoms with van der Waals surface area (Å²) in [5.74, 6) is 0. The molecule has 5 nitrogen and oxygen atoms in total. The molecule has 2 aliphatic rings. The van der Waals surface area contributed by atoms with Gasteiger partial charge >= 0.3 is 0 Å². The zero-order chi connectivity index (χ0) is 15.3. The molecule has 0 radical (unpaired) electrons. The van der Waals surface area contributed by atoms with Crippen LogP contribution in [-0.4, -0.2) is 45.9 Å². The molecule has 0 amide bonds. The third-order valence-electron chi connectivity index (χ3n) is 4.84. The second-order valence-corrected chi connectivity index (χ2v) is 8.50. The van der Waals surface area contributed by atoms with Crippen LogP contribution in [0.3, 0.4) is 0 Å². The fourth-order valence-corrected chi connectivity index (χ4v) is 4.79. The van der Waals surface area contributed by atoms with Gasteiger partial charge in [0.25, 0.3) is 0 Å². The van der Waals surface area contributed by atoms with Gasteiger partial charge in [0.15, 0.2) is 0 Å². The van der Waals surface area contributed by atoms with E-state index in [2.05, 4.69) is 11.8 Å². The highest BCUT2D eigenvalue weighted by Crippen LogP contribution is 2.35. The van der Waals surface area contributed by atoms with Gasteiger partial charge in [0.1, 0.15) is 0 Å². The van der Waals surface area contributed by atoms with Gasteiger partial charge in [-0.2, -0.15) is 4.31 Å². The van der Waals surface area contributed by atoms with E-state index in [0.29, 0.717) is 24.5 Å². The second kappa shape index (κ2) is 4.97. The van der Waals surface area contributed by atoms with Crippen molar-refractivity contribution in [1.82, 2.24) is 4.31 Å². The van der Waals surface area contributed by atoms with Crippen LogP contribution in [-0.2, 0) is 16.4 Å². The second-order valence-electron chi connectivity index (χ2n) is 6.57. The Hall–Kier alpha value is -1.11. The summed E-state index contributed by atoms with van der Waals surface area (Å²) in [6.07, 6.45) is 1.81. The van der Waals surface area contributed by atoms with Crippen LogP contribution in [0.4, 0.5) is 5.69 Å². The number of sulfonamides is 1. The zero-order valence-corrected chi connectivity index (χ0v) is 13.5. The van der Waals surface area contributed by atoms with E-state index in [1.807, 2.05) is 19.2 Å². The third-order valence-corrected chi connectivity index (χ3v) is 6.68. The van der Waals surface area contributed by atoms with E-state index in [-0.39, 0.29) is 5.41 Å². The smallest absolute Gasteiger partial charge is 0.243 e. The molecule has 1 aromatic rings. The van der Waals surface area contributed by atoms with Crippen molar-refractivity contribution in [3.05, 3.63) is 23.8 Å². The van der Waals surface area contributed by atoms with Crippen LogP contribution in [0, 0.1) is 5.41 Å². The lowest BCUT2D eigenvalue weighted by Crippen LogP contribution is -2.34. The summed E-state index contributed by atoms with van der Waals surface area (Å²) in [4.78, 5) is 2.51. The summed E-state index contributed by atoms with van der Waals surface area (Å²) in [6.45, 7) is 4.60. The Morgan fingerprint density at radius 2 is 2.10 bits per heavy atom. The van der Waals surface area contributed by atoms with E-state index in [9.17, 15) is 8.42 Å².